The Hall–Kier alpha value is -2.40. The third-order valence-corrected chi connectivity index (χ3v) is 3.89. The van der Waals surface area contributed by atoms with Crippen molar-refractivity contribution in [2.75, 3.05) is 5.32 Å². The van der Waals surface area contributed by atoms with E-state index in [4.69, 9.17) is 0 Å². The number of nitrogens with one attached hydrogen (secondary N) is 1. The molecule has 4 nitrogen and oxygen atoms in total. The number of hydrogen-bond donors (Lipinski definition) is 1. The fraction of sp³-hybridized carbons (Fsp3) is 0.0667. The van der Waals surface area contributed by atoms with Crippen molar-refractivity contribution in [3.8, 4) is 5.69 Å². The van der Waals surface area contributed by atoms with Gasteiger partial charge in [-0.1, -0.05) is 0 Å². The molecule has 1 aromatic carbocycles. The Morgan fingerprint density at radius 1 is 1.20 bits per heavy atom. The number of nitrogens with zero attached hydrogens (tertiary/aromatic N) is 2. The summed E-state index contributed by atoms with van der Waals surface area (Å²) in [7, 11) is 0. The monoisotopic (exact) mass is 283 g/mol. The van der Waals surface area contributed by atoms with E-state index in [1.807, 2.05) is 54.1 Å². The number of anilines is 1. The van der Waals surface area contributed by atoms with Crippen molar-refractivity contribution in [2.24, 2.45) is 0 Å². The number of amides is 1. The number of aromatic nitrogens is 2. The molecule has 1 amide bonds. The lowest BCUT2D eigenvalue weighted by Crippen LogP contribution is -2.09. The summed E-state index contributed by atoms with van der Waals surface area (Å²) < 4.78 is 1.91. The molecule has 100 valence electrons. The van der Waals surface area contributed by atoms with Crippen LogP contribution in [0.1, 0.15) is 14.5 Å². The third-order valence-electron chi connectivity index (χ3n) is 2.89. The lowest BCUT2D eigenvalue weighted by Gasteiger charge is -2.06. The molecule has 0 unspecified atom stereocenters. The van der Waals surface area contributed by atoms with Crippen LogP contribution in [0, 0.1) is 6.92 Å². The Morgan fingerprint density at radius 2 is 2.00 bits per heavy atom. The van der Waals surface area contributed by atoms with Crippen molar-refractivity contribution in [2.45, 2.75) is 6.92 Å². The maximum absolute atomic E-state index is 12.0. The Bertz CT molecular complexity index is 714. The summed E-state index contributed by atoms with van der Waals surface area (Å²) in [6.07, 6.45) is 5.35. The zero-order chi connectivity index (χ0) is 13.9. The lowest BCUT2D eigenvalue weighted by molar-refractivity contribution is 0.103. The van der Waals surface area contributed by atoms with Crippen LogP contribution in [0.15, 0.2) is 55.1 Å². The first-order chi connectivity index (χ1) is 9.72. The maximum atomic E-state index is 12.0. The number of hydrogen-bond acceptors (Lipinski definition) is 3. The Kier molecular flexibility index (Phi) is 3.35. The van der Waals surface area contributed by atoms with Crippen molar-refractivity contribution < 1.29 is 4.79 Å². The summed E-state index contributed by atoms with van der Waals surface area (Å²) in [6.45, 7) is 1.99. The molecule has 0 aliphatic heterocycles. The highest BCUT2D eigenvalue weighted by molar-refractivity contribution is 7.14. The van der Waals surface area contributed by atoms with Crippen LogP contribution in [0.2, 0.25) is 0 Å². The maximum Gasteiger partial charge on any atom is 0.265 e. The number of carbonyl (C=O) groups is 1. The van der Waals surface area contributed by atoms with Gasteiger partial charge in [0.2, 0.25) is 0 Å². The summed E-state index contributed by atoms with van der Waals surface area (Å²) in [5, 5.41) is 2.89. The highest BCUT2D eigenvalue weighted by Gasteiger charge is 2.08. The van der Waals surface area contributed by atoms with E-state index in [0.717, 1.165) is 21.1 Å². The van der Waals surface area contributed by atoms with Crippen molar-refractivity contribution >= 4 is 22.9 Å². The highest BCUT2D eigenvalue weighted by Crippen LogP contribution is 2.18. The number of thiophene rings is 1. The molecule has 2 aromatic heterocycles. The molecule has 5 heteroatoms. The summed E-state index contributed by atoms with van der Waals surface area (Å²) in [4.78, 5) is 17.9. The van der Waals surface area contributed by atoms with E-state index < -0.39 is 0 Å². The summed E-state index contributed by atoms with van der Waals surface area (Å²) in [5.41, 5.74) is 1.79. The molecule has 0 bridgehead atoms. The van der Waals surface area contributed by atoms with Crippen LogP contribution in [-0.4, -0.2) is 15.5 Å². The van der Waals surface area contributed by atoms with Gasteiger partial charge in [0.25, 0.3) is 5.91 Å². The summed E-state index contributed by atoms with van der Waals surface area (Å²) >= 11 is 1.49. The number of aryl methyl sites for hydroxylation is 1. The topological polar surface area (TPSA) is 46.9 Å². The van der Waals surface area contributed by atoms with Gasteiger partial charge in [0, 0.05) is 28.6 Å². The minimum absolute atomic E-state index is 0.0709. The number of imidazole rings is 1. The first-order valence-electron chi connectivity index (χ1n) is 6.18. The second kappa shape index (κ2) is 5.30. The van der Waals surface area contributed by atoms with Crippen LogP contribution in [0.3, 0.4) is 0 Å². The molecule has 0 fully saturated rings. The van der Waals surface area contributed by atoms with Gasteiger partial charge in [-0.15, -0.1) is 11.3 Å². The highest BCUT2D eigenvalue weighted by atomic mass is 32.1. The predicted molar refractivity (Wildman–Crippen MR) is 80.6 cm³/mol. The van der Waals surface area contributed by atoms with E-state index in [1.165, 1.54) is 11.3 Å². The Balaban J connectivity index is 1.74. The van der Waals surface area contributed by atoms with E-state index in [2.05, 4.69) is 10.3 Å². The zero-order valence-corrected chi connectivity index (χ0v) is 11.7. The molecule has 2 heterocycles. The van der Waals surface area contributed by atoms with Crippen LogP contribution in [-0.2, 0) is 0 Å². The molecule has 0 aliphatic carbocycles. The van der Waals surface area contributed by atoms with E-state index in [0.29, 0.717) is 0 Å². The van der Waals surface area contributed by atoms with Crippen LogP contribution >= 0.6 is 11.3 Å². The quantitative estimate of drug-likeness (QED) is 0.799. The van der Waals surface area contributed by atoms with Crippen molar-refractivity contribution in [3.05, 3.63) is 64.9 Å². The third kappa shape index (κ3) is 2.62. The smallest absolute Gasteiger partial charge is 0.265 e. The van der Waals surface area contributed by atoms with E-state index in [-0.39, 0.29) is 5.91 Å². The lowest BCUT2D eigenvalue weighted by atomic mass is 10.2. The van der Waals surface area contributed by atoms with E-state index >= 15 is 0 Å². The van der Waals surface area contributed by atoms with Gasteiger partial charge >= 0.3 is 0 Å². The van der Waals surface area contributed by atoms with Gasteiger partial charge in [-0.3, -0.25) is 4.79 Å². The van der Waals surface area contributed by atoms with Crippen molar-refractivity contribution in [1.29, 1.82) is 0 Å². The van der Waals surface area contributed by atoms with Gasteiger partial charge in [0.1, 0.15) is 0 Å². The van der Waals surface area contributed by atoms with Crippen LogP contribution in [0.4, 0.5) is 5.69 Å². The fourth-order valence-electron chi connectivity index (χ4n) is 1.88. The fourth-order valence-corrected chi connectivity index (χ4v) is 2.64. The summed E-state index contributed by atoms with van der Waals surface area (Å²) in [6, 6.07) is 11.4. The van der Waals surface area contributed by atoms with Gasteiger partial charge in [0.15, 0.2) is 0 Å². The molecular weight excluding hydrogens is 270 g/mol. The summed E-state index contributed by atoms with van der Waals surface area (Å²) in [5.74, 6) is -0.0709. The second-order valence-electron chi connectivity index (χ2n) is 4.38. The van der Waals surface area contributed by atoms with Crippen LogP contribution < -0.4 is 5.32 Å². The van der Waals surface area contributed by atoms with E-state index in [9.17, 15) is 4.79 Å². The number of carbonyl (C=O) groups excluding carboxylic acids is 1. The zero-order valence-electron chi connectivity index (χ0n) is 10.9. The molecule has 0 radical (unpaired) electrons. The molecule has 0 aliphatic rings. The molecule has 0 atom stereocenters. The SMILES string of the molecule is Cc1ccc(C(=O)Nc2ccc(-n3ccnc3)cc2)s1. The van der Waals surface area contributed by atoms with Gasteiger partial charge in [-0.2, -0.15) is 0 Å². The molecule has 1 N–H and O–H groups in total. The van der Waals surface area contributed by atoms with E-state index in [1.54, 1.807) is 12.5 Å². The second-order valence-corrected chi connectivity index (χ2v) is 5.67. The molecule has 0 saturated carbocycles. The molecule has 3 aromatic rings. The first-order valence-corrected chi connectivity index (χ1v) is 7.00. The normalized spacial score (nSPS) is 10.4. The molecule has 0 saturated heterocycles. The van der Waals surface area contributed by atoms with Crippen LogP contribution in [0.5, 0.6) is 0 Å². The van der Waals surface area contributed by atoms with Gasteiger partial charge in [0.05, 0.1) is 11.2 Å². The first kappa shape index (κ1) is 12.6. The Labute approximate surface area is 120 Å². The number of benzene rings is 1. The average Bonchev–Trinajstić information content (AvgIpc) is 3.10. The molecule has 3 rings (SSSR count). The van der Waals surface area contributed by atoms with Gasteiger partial charge in [-0.25, -0.2) is 4.98 Å². The average molecular weight is 283 g/mol. The predicted octanol–water partition coefficient (Wildman–Crippen LogP) is 3.49. The van der Waals surface area contributed by atoms with Crippen molar-refractivity contribution in [3.63, 3.8) is 0 Å². The molecule has 20 heavy (non-hydrogen) atoms. The molecule has 0 spiro atoms. The number of rotatable bonds is 3. The Morgan fingerprint density at radius 3 is 2.60 bits per heavy atom. The minimum Gasteiger partial charge on any atom is -0.321 e. The minimum atomic E-state index is -0.0709. The largest absolute Gasteiger partial charge is 0.321 e. The standard InChI is InChI=1S/C15H13N3OS/c1-11-2-7-14(20-11)15(19)17-12-3-5-13(6-4-12)18-9-8-16-10-18/h2-10H,1H3,(H,17,19). The van der Waals surface area contributed by atoms with Crippen LogP contribution in [0.25, 0.3) is 5.69 Å². The van der Waals surface area contributed by atoms with Gasteiger partial charge < -0.3 is 9.88 Å². The van der Waals surface area contributed by atoms with Gasteiger partial charge in [-0.05, 0) is 43.3 Å². The van der Waals surface area contributed by atoms with Crippen molar-refractivity contribution in [1.82, 2.24) is 9.55 Å². The molecular formula is C15H13N3OS.